The summed E-state index contributed by atoms with van der Waals surface area (Å²) >= 11 is 0. The minimum Gasteiger partial charge on any atom is -0.384 e. The van der Waals surface area contributed by atoms with Gasteiger partial charge in [-0.1, -0.05) is 19.3 Å². The zero-order valence-corrected chi connectivity index (χ0v) is 22.3. The molecule has 4 aromatic rings. The van der Waals surface area contributed by atoms with Crippen molar-refractivity contribution < 1.29 is 8.78 Å². The summed E-state index contributed by atoms with van der Waals surface area (Å²) in [6, 6.07) is 7.70. The van der Waals surface area contributed by atoms with Crippen molar-refractivity contribution in [1.82, 2.24) is 19.5 Å². The second-order valence-corrected chi connectivity index (χ2v) is 10.1. The molecule has 39 heavy (non-hydrogen) atoms. The maximum absolute atomic E-state index is 14.1. The molecule has 3 heterocycles. The second-order valence-electron chi connectivity index (χ2n) is 10.1. The number of hydrogen-bond acceptors (Lipinski definition) is 6. The van der Waals surface area contributed by atoms with Gasteiger partial charge in [-0.3, -0.25) is 19.3 Å². The first-order chi connectivity index (χ1) is 19.0. The van der Waals surface area contributed by atoms with E-state index in [0.717, 1.165) is 92.8 Å². The first-order valence-electron chi connectivity index (χ1n) is 13.8. The van der Waals surface area contributed by atoms with Crippen LogP contribution in [-0.2, 0) is 19.9 Å². The molecule has 2 N–H and O–H groups in total. The van der Waals surface area contributed by atoms with Gasteiger partial charge >= 0.3 is 0 Å². The third-order valence-corrected chi connectivity index (χ3v) is 7.35. The van der Waals surface area contributed by atoms with Gasteiger partial charge in [0.2, 0.25) is 5.95 Å². The highest BCUT2D eigenvalue weighted by Crippen LogP contribution is 2.33. The minimum atomic E-state index is -0.511. The second kappa shape index (κ2) is 12.3. The van der Waals surface area contributed by atoms with Crippen LogP contribution >= 0.6 is 0 Å². The highest BCUT2D eigenvalue weighted by atomic mass is 19.1. The van der Waals surface area contributed by atoms with E-state index < -0.39 is 5.82 Å². The highest BCUT2D eigenvalue weighted by molar-refractivity contribution is 5.93. The molecule has 0 spiro atoms. The smallest absolute Gasteiger partial charge is 0.255 e. The lowest BCUT2D eigenvalue weighted by Gasteiger charge is -2.21. The molecule has 0 amide bonds. The Morgan fingerprint density at radius 2 is 1.69 bits per heavy atom. The number of aryl methyl sites for hydroxylation is 1. The van der Waals surface area contributed by atoms with Gasteiger partial charge in [0, 0.05) is 54.7 Å². The van der Waals surface area contributed by atoms with Crippen molar-refractivity contribution in [2.24, 2.45) is 7.05 Å². The Morgan fingerprint density at radius 1 is 0.923 bits per heavy atom. The van der Waals surface area contributed by atoms with Gasteiger partial charge in [0.1, 0.15) is 5.82 Å². The van der Waals surface area contributed by atoms with E-state index in [9.17, 15) is 13.6 Å². The molecule has 0 aliphatic heterocycles. The molecule has 7 nitrogen and oxygen atoms in total. The van der Waals surface area contributed by atoms with Gasteiger partial charge in [0.05, 0.1) is 17.4 Å². The third-order valence-electron chi connectivity index (χ3n) is 7.35. The largest absolute Gasteiger partial charge is 0.384 e. The lowest BCUT2D eigenvalue weighted by Crippen LogP contribution is -2.22. The van der Waals surface area contributed by atoms with Crippen LogP contribution < -0.4 is 16.2 Å². The minimum absolute atomic E-state index is 0.233. The normalized spacial score (nSPS) is 12.9. The first kappa shape index (κ1) is 26.7. The molecule has 5 rings (SSSR count). The Kier molecular flexibility index (Phi) is 8.44. The van der Waals surface area contributed by atoms with E-state index in [1.807, 2.05) is 0 Å². The van der Waals surface area contributed by atoms with Crippen molar-refractivity contribution in [2.75, 3.05) is 23.7 Å². The number of benzene rings is 1. The molecule has 3 aromatic heterocycles. The quantitative estimate of drug-likeness (QED) is 0.230. The van der Waals surface area contributed by atoms with E-state index in [2.05, 4.69) is 20.6 Å². The molecule has 204 valence electrons. The number of rotatable bonds is 11. The standard InChI is InChI=1S/C30H34F2N6O/c1-38-28(39)18-27(21-13-16-33-19-24(21)32)37-30(38)35-15-8-4-2-3-7-14-34-29-22-9-5-6-10-25(22)36-26-12-11-20(31)17-23(26)29/h11-13,16-19H,2-10,14-15H2,1H3,(H,34,36)(H,35,37). The topological polar surface area (TPSA) is 84.7 Å². The van der Waals surface area contributed by atoms with Crippen molar-refractivity contribution >= 4 is 22.5 Å². The molecule has 1 aliphatic carbocycles. The third kappa shape index (κ3) is 6.24. The Balaban J connectivity index is 1.08. The zero-order valence-electron chi connectivity index (χ0n) is 22.3. The van der Waals surface area contributed by atoms with Crippen LogP contribution in [0.25, 0.3) is 22.2 Å². The van der Waals surface area contributed by atoms with Gasteiger partial charge in [-0.2, -0.15) is 0 Å². The molecule has 0 saturated carbocycles. The maximum atomic E-state index is 14.1. The summed E-state index contributed by atoms with van der Waals surface area (Å²) < 4.78 is 29.6. The number of nitrogens with zero attached hydrogens (tertiary/aromatic N) is 4. The van der Waals surface area contributed by atoms with Crippen molar-refractivity contribution in [3.8, 4) is 11.3 Å². The molecular formula is C30H34F2N6O. The van der Waals surface area contributed by atoms with E-state index in [-0.39, 0.29) is 16.9 Å². The number of halogens is 2. The number of nitrogens with one attached hydrogen (secondary N) is 2. The van der Waals surface area contributed by atoms with Crippen LogP contribution in [0.15, 0.2) is 47.5 Å². The molecule has 0 radical (unpaired) electrons. The molecule has 0 atom stereocenters. The molecular weight excluding hydrogens is 498 g/mol. The monoisotopic (exact) mass is 532 g/mol. The molecule has 0 bridgehead atoms. The lowest BCUT2D eigenvalue weighted by molar-refractivity contribution is 0.623. The summed E-state index contributed by atoms with van der Waals surface area (Å²) in [5.74, 6) is -0.326. The molecule has 1 aliphatic rings. The number of unbranched alkanes of at least 4 members (excludes halogenated alkanes) is 4. The van der Waals surface area contributed by atoms with Crippen LogP contribution in [0, 0.1) is 11.6 Å². The number of hydrogen-bond donors (Lipinski definition) is 2. The lowest BCUT2D eigenvalue weighted by atomic mass is 9.92. The van der Waals surface area contributed by atoms with Crippen molar-refractivity contribution in [2.45, 2.75) is 57.8 Å². The van der Waals surface area contributed by atoms with Gasteiger partial charge in [-0.05, 0) is 68.4 Å². The van der Waals surface area contributed by atoms with E-state index in [1.54, 1.807) is 19.2 Å². The highest BCUT2D eigenvalue weighted by Gasteiger charge is 2.18. The first-order valence-corrected chi connectivity index (χ1v) is 13.8. The van der Waals surface area contributed by atoms with Crippen LogP contribution in [0.5, 0.6) is 0 Å². The molecule has 0 unspecified atom stereocenters. The van der Waals surface area contributed by atoms with Gasteiger partial charge in [0.15, 0.2) is 5.82 Å². The van der Waals surface area contributed by atoms with Crippen molar-refractivity contribution in [1.29, 1.82) is 0 Å². The predicted molar refractivity (Wildman–Crippen MR) is 151 cm³/mol. The summed E-state index contributed by atoms with van der Waals surface area (Å²) in [5.41, 5.74) is 4.62. The van der Waals surface area contributed by atoms with E-state index in [4.69, 9.17) is 4.98 Å². The van der Waals surface area contributed by atoms with Crippen LogP contribution in [0.2, 0.25) is 0 Å². The summed E-state index contributed by atoms with van der Waals surface area (Å²) in [6.07, 6.45) is 12.0. The van der Waals surface area contributed by atoms with Crippen molar-refractivity contribution in [3.63, 3.8) is 0 Å². The van der Waals surface area contributed by atoms with Crippen molar-refractivity contribution in [3.05, 3.63) is 76.0 Å². The fraction of sp³-hybridized carbons (Fsp3) is 0.400. The van der Waals surface area contributed by atoms with Crippen LogP contribution in [-0.4, -0.2) is 32.6 Å². The fourth-order valence-electron chi connectivity index (χ4n) is 5.21. The Labute approximate surface area is 226 Å². The fourth-order valence-corrected chi connectivity index (χ4v) is 5.21. The maximum Gasteiger partial charge on any atom is 0.255 e. The van der Waals surface area contributed by atoms with E-state index in [1.165, 1.54) is 34.5 Å². The zero-order chi connectivity index (χ0) is 27.2. The van der Waals surface area contributed by atoms with E-state index in [0.29, 0.717) is 18.2 Å². The number of fused-ring (bicyclic) bond motifs is 2. The summed E-state index contributed by atoms with van der Waals surface area (Å²) in [7, 11) is 1.65. The van der Waals surface area contributed by atoms with Crippen LogP contribution in [0.4, 0.5) is 20.4 Å². The predicted octanol–water partition coefficient (Wildman–Crippen LogP) is 6.02. The summed E-state index contributed by atoms with van der Waals surface area (Å²) in [4.78, 5) is 25.4. The SMILES string of the molecule is Cn1c(NCCCCCCCNc2c3c(nc4ccc(F)cc24)CCCC3)nc(-c2ccncc2F)cc1=O. The van der Waals surface area contributed by atoms with Gasteiger partial charge in [-0.15, -0.1) is 0 Å². The molecule has 0 fully saturated rings. The van der Waals surface area contributed by atoms with Gasteiger partial charge < -0.3 is 10.6 Å². The molecule has 1 aromatic carbocycles. The Hall–Kier alpha value is -3.88. The summed E-state index contributed by atoms with van der Waals surface area (Å²) in [6.45, 7) is 1.51. The van der Waals surface area contributed by atoms with Crippen LogP contribution in [0.1, 0.15) is 56.2 Å². The average molecular weight is 533 g/mol. The van der Waals surface area contributed by atoms with Crippen LogP contribution in [0.3, 0.4) is 0 Å². The molecule has 0 saturated heterocycles. The Morgan fingerprint density at radius 3 is 2.51 bits per heavy atom. The summed E-state index contributed by atoms with van der Waals surface area (Å²) in [5, 5.41) is 7.71. The number of anilines is 2. The number of aromatic nitrogens is 4. The van der Waals surface area contributed by atoms with Gasteiger partial charge in [0.25, 0.3) is 5.56 Å². The Bertz CT molecular complexity index is 1520. The van der Waals surface area contributed by atoms with E-state index >= 15 is 0 Å². The average Bonchev–Trinajstić information content (AvgIpc) is 2.94. The van der Waals surface area contributed by atoms with Gasteiger partial charge in [-0.25, -0.2) is 13.8 Å². The molecule has 9 heteroatoms. The number of pyridine rings is 2.